The summed E-state index contributed by atoms with van der Waals surface area (Å²) in [7, 11) is -3.75. The highest BCUT2D eigenvalue weighted by molar-refractivity contribution is 7.90. The molecule has 1 heterocycles. The highest BCUT2D eigenvalue weighted by atomic mass is 32.2. The molecule has 0 saturated heterocycles. The molecule has 0 bridgehead atoms. The van der Waals surface area contributed by atoms with Gasteiger partial charge in [0.1, 0.15) is 10.9 Å². The molecule has 110 valence electrons. The fourth-order valence-corrected chi connectivity index (χ4v) is 1.83. The van der Waals surface area contributed by atoms with Crippen LogP contribution in [0.4, 0.5) is 22.0 Å². The van der Waals surface area contributed by atoms with E-state index in [2.05, 4.69) is 5.10 Å². The summed E-state index contributed by atoms with van der Waals surface area (Å²) < 4.78 is 85.5. The zero-order valence-corrected chi connectivity index (χ0v) is 10.3. The summed E-state index contributed by atoms with van der Waals surface area (Å²) in [6.45, 7) is -1.06. The summed E-state index contributed by atoms with van der Waals surface area (Å²) in [5.41, 5.74) is 4.92. The maximum atomic E-state index is 13.2. The Kier molecular flexibility index (Phi) is 3.92. The number of rotatable bonds is 4. The molecule has 11 heteroatoms. The molecule has 0 aliphatic heterocycles. The van der Waals surface area contributed by atoms with Crippen molar-refractivity contribution in [1.82, 2.24) is 9.78 Å². The van der Waals surface area contributed by atoms with Gasteiger partial charge in [-0.3, -0.25) is 4.68 Å². The van der Waals surface area contributed by atoms with Crippen LogP contribution in [0.3, 0.4) is 0 Å². The number of nitrogens with zero attached hydrogens (tertiary/aromatic N) is 2. The quantitative estimate of drug-likeness (QED) is 0.841. The molecule has 0 spiro atoms. The number of halogens is 5. The predicted molar refractivity (Wildman–Crippen MR) is 54.4 cm³/mol. The van der Waals surface area contributed by atoms with Gasteiger partial charge in [-0.05, 0) is 0 Å². The summed E-state index contributed by atoms with van der Waals surface area (Å²) in [4.78, 5) is -0.469. The van der Waals surface area contributed by atoms with Gasteiger partial charge in [0.05, 0.1) is 6.20 Å². The van der Waals surface area contributed by atoms with E-state index in [0.717, 1.165) is 6.26 Å². The summed E-state index contributed by atoms with van der Waals surface area (Å²) in [6.07, 6.45) is -3.76. The Bertz CT molecular complexity index is 551. The number of sulfone groups is 1. The van der Waals surface area contributed by atoms with Crippen LogP contribution in [0.25, 0.3) is 0 Å². The Morgan fingerprint density at radius 1 is 1.37 bits per heavy atom. The van der Waals surface area contributed by atoms with Crippen molar-refractivity contribution >= 4 is 9.84 Å². The van der Waals surface area contributed by atoms with Gasteiger partial charge in [-0.25, -0.2) is 8.42 Å². The lowest BCUT2D eigenvalue weighted by atomic mass is 10.1. The summed E-state index contributed by atoms with van der Waals surface area (Å²) in [5.74, 6) is -5.12. The first-order valence-corrected chi connectivity index (χ1v) is 6.69. The molecule has 2 N–H and O–H groups in total. The second kappa shape index (κ2) is 4.71. The number of aromatic nitrogens is 2. The maximum absolute atomic E-state index is 13.2. The standard InChI is InChI=1S/C8H10F5N3O2S/c1-19(17,18)5-3-15-16(4-5)6(2-14)7(9,10)8(11,12)13/h3-4,6H,2,14H2,1H3. The topological polar surface area (TPSA) is 78.0 Å². The Morgan fingerprint density at radius 2 is 1.89 bits per heavy atom. The smallest absolute Gasteiger partial charge is 0.328 e. The molecule has 1 aromatic rings. The van der Waals surface area contributed by atoms with E-state index in [-0.39, 0.29) is 4.68 Å². The molecule has 0 fully saturated rings. The van der Waals surface area contributed by atoms with Crippen LogP contribution in [-0.4, -0.2) is 43.1 Å². The molecule has 0 radical (unpaired) electrons. The third-order valence-electron chi connectivity index (χ3n) is 2.35. The minimum atomic E-state index is -5.81. The molecule has 0 aromatic carbocycles. The summed E-state index contributed by atoms with van der Waals surface area (Å²) >= 11 is 0. The first kappa shape index (κ1) is 15.8. The SMILES string of the molecule is CS(=O)(=O)c1cnn(C(CN)C(F)(F)C(F)(F)F)c1. The highest BCUT2D eigenvalue weighted by Gasteiger charge is 2.63. The van der Waals surface area contributed by atoms with Gasteiger partial charge in [0, 0.05) is 19.0 Å². The fraction of sp³-hybridized carbons (Fsp3) is 0.625. The summed E-state index contributed by atoms with van der Waals surface area (Å²) in [5, 5.41) is 3.21. The molecule has 0 saturated carbocycles. The van der Waals surface area contributed by atoms with Crippen molar-refractivity contribution in [3.8, 4) is 0 Å². The van der Waals surface area contributed by atoms with Crippen molar-refractivity contribution in [3.63, 3.8) is 0 Å². The van der Waals surface area contributed by atoms with Crippen LogP contribution < -0.4 is 5.73 Å². The number of alkyl halides is 5. The van der Waals surface area contributed by atoms with Crippen molar-refractivity contribution in [2.45, 2.75) is 23.0 Å². The second-order valence-corrected chi connectivity index (χ2v) is 5.82. The van der Waals surface area contributed by atoms with Gasteiger partial charge in [-0.2, -0.15) is 27.1 Å². The van der Waals surface area contributed by atoms with E-state index in [1.165, 1.54) is 0 Å². The average Bonchev–Trinajstić information content (AvgIpc) is 2.65. The largest absolute Gasteiger partial charge is 0.455 e. The molecule has 0 amide bonds. The number of hydrogen-bond donors (Lipinski definition) is 1. The average molecular weight is 307 g/mol. The van der Waals surface area contributed by atoms with Crippen molar-refractivity contribution < 1.29 is 30.4 Å². The van der Waals surface area contributed by atoms with E-state index in [0.29, 0.717) is 12.4 Å². The van der Waals surface area contributed by atoms with Gasteiger partial charge in [-0.15, -0.1) is 0 Å². The maximum Gasteiger partial charge on any atom is 0.455 e. The van der Waals surface area contributed by atoms with E-state index in [9.17, 15) is 30.4 Å². The summed E-state index contributed by atoms with van der Waals surface area (Å²) in [6, 6.07) is -2.51. The van der Waals surface area contributed by atoms with Crippen molar-refractivity contribution in [2.24, 2.45) is 5.73 Å². The van der Waals surface area contributed by atoms with E-state index in [1.54, 1.807) is 0 Å². The van der Waals surface area contributed by atoms with Gasteiger partial charge in [0.2, 0.25) is 0 Å². The minimum absolute atomic E-state index is 0.212. The minimum Gasteiger partial charge on any atom is -0.328 e. The van der Waals surface area contributed by atoms with Gasteiger partial charge < -0.3 is 5.73 Å². The van der Waals surface area contributed by atoms with Crippen molar-refractivity contribution in [2.75, 3.05) is 12.8 Å². The Morgan fingerprint density at radius 3 is 2.21 bits per heavy atom. The molecule has 0 aliphatic rings. The molecule has 1 aromatic heterocycles. The van der Waals surface area contributed by atoms with Gasteiger partial charge >= 0.3 is 12.1 Å². The number of hydrogen-bond acceptors (Lipinski definition) is 4. The van der Waals surface area contributed by atoms with E-state index in [4.69, 9.17) is 5.73 Å². The zero-order chi connectivity index (χ0) is 15.1. The van der Waals surface area contributed by atoms with Crippen LogP contribution in [0, 0.1) is 0 Å². The molecule has 5 nitrogen and oxygen atoms in total. The van der Waals surface area contributed by atoms with Crippen LogP contribution in [0.1, 0.15) is 6.04 Å². The molecule has 19 heavy (non-hydrogen) atoms. The molecular formula is C8H10F5N3O2S. The van der Waals surface area contributed by atoms with Crippen LogP contribution >= 0.6 is 0 Å². The molecule has 1 rings (SSSR count). The van der Waals surface area contributed by atoms with E-state index in [1.807, 2.05) is 0 Å². The van der Waals surface area contributed by atoms with Crippen molar-refractivity contribution in [1.29, 1.82) is 0 Å². The first-order valence-electron chi connectivity index (χ1n) is 4.80. The molecular weight excluding hydrogens is 297 g/mol. The van der Waals surface area contributed by atoms with E-state index >= 15 is 0 Å². The highest BCUT2D eigenvalue weighted by Crippen LogP contribution is 2.43. The van der Waals surface area contributed by atoms with Gasteiger partial charge in [0.25, 0.3) is 0 Å². The zero-order valence-electron chi connectivity index (χ0n) is 9.53. The second-order valence-electron chi connectivity index (χ2n) is 3.80. The van der Waals surface area contributed by atoms with Crippen LogP contribution in [0.5, 0.6) is 0 Å². The Balaban J connectivity index is 3.23. The number of nitrogens with two attached hydrogens (primary N) is 1. The lowest BCUT2D eigenvalue weighted by Gasteiger charge is -2.27. The van der Waals surface area contributed by atoms with Crippen molar-refractivity contribution in [3.05, 3.63) is 12.4 Å². The Hall–Kier alpha value is -1.23. The van der Waals surface area contributed by atoms with Crippen LogP contribution in [0.2, 0.25) is 0 Å². The Labute approximate surface area is 105 Å². The normalized spacial score (nSPS) is 15.5. The lowest BCUT2D eigenvalue weighted by molar-refractivity contribution is -0.298. The van der Waals surface area contributed by atoms with Gasteiger partial charge in [-0.1, -0.05) is 0 Å². The van der Waals surface area contributed by atoms with Crippen LogP contribution in [-0.2, 0) is 9.84 Å². The molecule has 1 atom stereocenters. The third-order valence-corrected chi connectivity index (χ3v) is 3.41. The predicted octanol–water partition coefficient (Wildman–Crippen LogP) is 0.984. The monoisotopic (exact) mass is 307 g/mol. The molecule has 1 unspecified atom stereocenters. The van der Waals surface area contributed by atoms with E-state index < -0.39 is 39.4 Å². The fourth-order valence-electron chi connectivity index (χ4n) is 1.29. The third kappa shape index (κ3) is 3.03. The first-order chi connectivity index (χ1) is 8.41. The molecule has 0 aliphatic carbocycles. The van der Waals surface area contributed by atoms with Gasteiger partial charge in [0.15, 0.2) is 9.84 Å². The lowest BCUT2D eigenvalue weighted by Crippen LogP contribution is -2.47. The van der Waals surface area contributed by atoms with Crippen LogP contribution in [0.15, 0.2) is 17.3 Å².